The molecule has 2 heterocycles. The van der Waals surface area contributed by atoms with Crippen LogP contribution in [0.25, 0.3) is 11.2 Å². The van der Waals surface area contributed by atoms with Crippen LogP contribution in [0.5, 0.6) is 0 Å². The van der Waals surface area contributed by atoms with Gasteiger partial charge in [0.05, 0.1) is 6.61 Å². The molecule has 68 valence electrons. The molecule has 0 radical (unpaired) electrons. The second-order valence-electron chi connectivity index (χ2n) is 2.63. The monoisotopic (exact) mass is 180 g/mol. The van der Waals surface area contributed by atoms with E-state index in [2.05, 4.69) is 20.4 Å². The number of nitrogens with one attached hydrogen (secondary N) is 1. The highest BCUT2D eigenvalue weighted by Gasteiger charge is 2.08. The Balaban J connectivity index is 2.48. The minimum Gasteiger partial charge on any atom is -0.393 e. The van der Waals surface area contributed by atoms with E-state index in [9.17, 15) is 5.11 Å². The third-order valence-electron chi connectivity index (χ3n) is 1.75. The Labute approximate surface area is 73.2 Å². The number of hydrogen-bond acceptors (Lipinski definition) is 5. The average Bonchev–Trinajstić information content (AvgIpc) is 2.63. The second-order valence-corrected chi connectivity index (χ2v) is 2.63. The second kappa shape index (κ2) is 3.08. The van der Waals surface area contributed by atoms with E-state index in [0.717, 1.165) is 0 Å². The van der Waals surface area contributed by atoms with Crippen molar-refractivity contribution in [2.45, 2.75) is 6.10 Å². The summed E-state index contributed by atoms with van der Waals surface area (Å²) in [4.78, 5) is 3.93. The highest BCUT2D eigenvalue weighted by Crippen LogP contribution is 2.14. The fraction of sp³-hybridized carbons (Fsp3) is 0.286. The first-order chi connectivity index (χ1) is 6.31. The summed E-state index contributed by atoms with van der Waals surface area (Å²) in [5.74, 6) is 0. The van der Waals surface area contributed by atoms with Crippen LogP contribution in [0, 0.1) is 0 Å². The van der Waals surface area contributed by atoms with E-state index >= 15 is 0 Å². The van der Waals surface area contributed by atoms with Crippen LogP contribution in [0.3, 0.4) is 0 Å². The maximum Gasteiger partial charge on any atom is 0.201 e. The Kier molecular flexibility index (Phi) is 1.91. The van der Waals surface area contributed by atoms with Gasteiger partial charge in [0.25, 0.3) is 0 Å². The largest absolute Gasteiger partial charge is 0.393 e. The first kappa shape index (κ1) is 8.09. The lowest BCUT2D eigenvalue weighted by molar-refractivity contribution is 0.0954. The Hall–Kier alpha value is -1.53. The first-order valence-electron chi connectivity index (χ1n) is 3.76. The van der Waals surface area contributed by atoms with Gasteiger partial charge in [-0.2, -0.15) is 10.3 Å². The van der Waals surface area contributed by atoms with Gasteiger partial charge in [0.15, 0.2) is 0 Å². The van der Waals surface area contributed by atoms with Crippen molar-refractivity contribution in [3.05, 3.63) is 17.8 Å². The molecule has 0 aliphatic rings. The van der Waals surface area contributed by atoms with Gasteiger partial charge in [0, 0.05) is 11.8 Å². The van der Waals surface area contributed by atoms with Crippen molar-refractivity contribution in [2.24, 2.45) is 0 Å². The maximum absolute atomic E-state index is 9.28. The van der Waals surface area contributed by atoms with Crippen LogP contribution in [0.2, 0.25) is 0 Å². The molecule has 0 aliphatic heterocycles. The summed E-state index contributed by atoms with van der Waals surface area (Å²) < 4.78 is 0. The van der Waals surface area contributed by atoms with Crippen molar-refractivity contribution in [3.63, 3.8) is 0 Å². The van der Waals surface area contributed by atoms with Crippen molar-refractivity contribution in [2.75, 3.05) is 6.61 Å². The summed E-state index contributed by atoms with van der Waals surface area (Å²) in [7, 11) is 0. The van der Waals surface area contributed by atoms with Crippen LogP contribution in [0.15, 0.2) is 12.3 Å². The Morgan fingerprint density at radius 2 is 2.31 bits per heavy atom. The van der Waals surface area contributed by atoms with Gasteiger partial charge in [-0.15, -0.1) is 5.10 Å². The summed E-state index contributed by atoms with van der Waals surface area (Å²) in [6.45, 7) is -0.328. The Bertz CT molecular complexity index is 414. The van der Waals surface area contributed by atoms with Crippen LogP contribution >= 0.6 is 0 Å². The van der Waals surface area contributed by atoms with Crippen LogP contribution in [0.1, 0.15) is 11.7 Å². The first-order valence-corrected chi connectivity index (χ1v) is 3.76. The summed E-state index contributed by atoms with van der Waals surface area (Å²) in [6, 6.07) is 1.63. The van der Waals surface area contributed by atoms with Crippen LogP contribution < -0.4 is 0 Å². The summed E-state index contributed by atoms with van der Waals surface area (Å²) in [5.41, 5.74) is 1.60. The van der Waals surface area contributed by atoms with Gasteiger partial charge in [-0.25, -0.2) is 4.98 Å². The lowest BCUT2D eigenvalue weighted by Crippen LogP contribution is -2.02. The molecule has 2 aromatic rings. The number of aliphatic hydroxyl groups excluding tert-OH is 2. The van der Waals surface area contributed by atoms with Crippen molar-refractivity contribution in [1.82, 2.24) is 20.4 Å². The van der Waals surface area contributed by atoms with E-state index in [0.29, 0.717) is 16.7 Å². The summed E-state index contributed by atoms with van der Waals surface area (Å²) >= 11 is 0. The highest BCUT2D eigenvalue weighted by atomic mass is 16.3. The lowest BCUT2D eigenvalue weighted by Gasteiger charge is -2.04. The van der Waals surface area contributed by atoms with Crippen molar-refractivity contribution in [3.8, 4) is 0 Å². The zero-order chi connectivity index (χ0) is 9.26. The molecule has 0 aromatic carbocycles. The molecule has 1 unspecified atom stereocenters. The molecule has 0 fully saturated rings. The van der Waals surface area contributed by atoms with E-state index in [4.69, 9.17) is 5.11 Å². The number of rotatable bonds is 2. The van der Waals surface area contributed by atoms with Gasteiger partial charge in [0.1, 0.15) is 11.6 Å². The third kappa shape index (κ3) is 1.36. The number of fused-ring (bicyclic) bond motifs is 1. The molecule has 0 amide bonds. The number of aromatic amines is 1. The van der Waals surface area contributed by atoms with Gasteiger partial charge in [-0.1, -0.05) is 0 Å². The summed E-state index contributed by atoms with van der Waals surface area (Å²) in [5, 5.41) is 27.9. The van der Waals surface area contributed by atoms with Gasteiger partial charge in [-0.05, 0) is 6.07 Å². The molecule has 13 heavy (non-hydrogen) atoms. The zero-order valence-corrected chi connectivity index (χ0v) is 6.68. The number of hydrogen-bond donors (Lipinski definition) is 3. The molecule has 0 saturated heterocycles. The fourth-order valence-electron chi connectivity index (χ4n) is 1.04. The topological polar surface area (TPSA) is 94.9 Å². The quantitative estimate of drug-likeness (QED) is 0.572. The molecule has 2 rings (SSSR count). The predicted molar refractivity (Wildman–Crippen MR) is 43.7 cm³/mol. The van der Waals surface area contributed by atoms with Gasteiger partial charge in [0.2, 0.25) is 5.65 Å². The molecule has 0 saturated carbocycles. The van der Waals surface area contributed by atoms with Crippen LogP contribution in [-0.2, 0) is 0 Å². The molecular weight excluding hydrogens is 172 g/mol. The number of H-pyrrole nitrogens is 1. The van der Waals surface area contributed by atoms with Crippen LogP contribution in [0.4, 0.5) is 0 Å². The standard InChI is InChI=1S/C7H8N4O2/c12-3-6(13)4-1-5-7(8-2-4)10-11-9-5/h1-2,6,12-13H,3H2,(H,8,9,10,11). The Morgan fingerprint density at radius 1 is 1.46 bits per heavy atom. The highest BCUT2D eigenvalue weighted by molar-refractivity contribution is 5.69. The van der Waals surface area contributed by atoms with Gasteiger partial charge >= 0.3 is 0 Å². The van der Waals surface area contributed by atoms with Crippen LogP contribution in [-0.4, -0.2) is 37.2 Å². The van der Waals surface area contributed by atoms with Gasteiger partial charge in [-0.3, -0.25) is 0 Å². The molecule has 0 spiro atoms. The number of nitrogens with zero attached hydrogens (tertiary/aromatic N) is 3. The molecule has 6 heteroatoms. The van der Waals surface area contributed by atoms with Gasteiger partial charge < -0.3 is 10.2 Å². The minimum absolute atomic E-state index is 0.328. The SMILES string of the molecule is OCC(O)c1cnc2n[nH]nc2c1. The molecule has 0 aliphatic carbocycles. The molecular formula is C7H8N4O2. The average molecular weight is 180 g/mol. The fourth-order valence-corrected chi connectivity index (χ4v) is 1.04. The molecule has 0 bridgehead atoms. The molecule has 1 atom stereocenters. The van der Waals surface area contributed by atoms with E-state index in [1.54, 1.807) is 6.07 Å². The molecule has 2 aromatic heterocycles. The zero-order valence-electron chi connectivity index (χ0n) is 6.68. The lowest BCUT2D eigenvalue weighted by atomic mass is 10.2. The third-order valence-corrected chi connectivity index (χ3v) is 1.75. The van der Waals surface area contributed by atoms with E-state index in [-0.39, 0.29) is 6.61 Å². The summed E-state index contributed by atoms with van der Waals surface area (Å²) in [6.07, 6.45) is 0.555. The number of aromatic nitrogens is 4. The van der Waals surface area contributed by atoms with E-state index in [1.165, 1.54) is 6.20 Å². The van der Waals surface area contributed by atoms with Crippen molar-refractivity contribution < 1.29 is 10.2 Å². The number of aliphatic hydroxyl groups is 2. The molecule has 6 nitrogen and oxygen atoms in total. The smallest absolute Gasteiger partial charge is 0.201 e. The van der Waals surface area contributed by atoms with Crippen molar-refractivity contribution >= 4 is 11.2 Å². The van der Waals surface area contributed by atoms with E-state index < -0.39 is 6.10 Å². The molecule has 3 N–H and O–H groups in total. The Morgan fingerprint density at radius 3 is 3.08 bits per heavy atom. The number of pyridine rings is 1. The maximum atomic E-state index is 9.28. The normalized spacial score (nSPS) is 13.4. The minimum atomic E-state index is -0.909. The van der Waals surface area contributed by atoms with Crippen molar-refractivity contribution in [1.29, 1.82) is 0 Å². The van der Waals surface area contributed by atoms with E-state index in [1.807, 2.05) is 0 Å². The predicted octanol–water partition coefficient (Wildman–Crippen LogP) is -0.621.